The van der Waals surface area contributed by atoms with Gasteiger partial charge in [0.05, 0.1) is 5.56 Å². The largest absolute Gasteiger partial charge is 0.345 e. The van der Waals surface area contributed by atoms with Gasteiger partial charge in [-0.15, -0.1) is 0 Å². The Hall–Kier alpha value is -3.48. The molecule has 7 heteroatoms. The second-order valence-electron chi connectivity index (χ2n) is 7.41. The normalized spacial score (nSPS) is 19.4. The molecular formula is C22H22N4O3. The number of rotatable bonds is 3. The molecule has 0 spiro atoms. The van der Waals surface area contributed by atoms with Gasteiger partial charge in [0.25, 0.3) is 17.6 Å². The van der Waals surface area contributed by atoms with E-state index in [-0.39, 0.29) is 18.0 Å². The molecule has 3 heterocycles. The Kier molecular flexibility index (Phi) is 4.88. The summed E-state index contributed by atoms with van der Waals surface area (Å²) in [5, 5.41) is 0.629. The minimum atomic E-state index is -0.564. The van der Waals surface area contributed by atoms with Gasteiger partial charge < -0.3 is 14.8 Å². The van der Waals surface area contributed by atoms with Gasteiger partial charge in [0.15, 0.2) is 0 Å². The minimum absolute atomic E-state index is 0.0638. The van der Waals surface area contributed by atoms with Gasteiger partial charge in [-0.05, 0) is 38.1 Å². The number of H-pyrrole nitrogens is 1. The van der Waals surface area contributed by atoms with E-state index in [1.54, 1.807) is 40.3 Å². The highest BCUT2D eigenvalue weighted by Gasteiger charge is 2.37. The first kappa shape index (κ1) is 18.9. The van der Waals surface area contributed by atoms with Crippen molar-refractivity contribution in [2.24, 2.45) is 0 Å². The molecule has 2 unspecified atom stereocenters. The van der Waals surface area contributed by atoms with Crippen molar-refractivity contribution in [1.82, 2.24) is 19.8 Å². The van der Waals surface area contributed by atoms with Gasteiger partial charge in [0, 0.05) is 48.5 Å². The highest BCUT2D eigenvalue weighted by molar-refractivity contribution is 6.44. The zero-order valence-corrected chi connectivity index (χ0v) is 16.3. The third-order valence-electron chi connectivity index (χ3n) is 5.42. The number of Topliss-reactive ketones (excluding diaryl/α,β-unsaturated/α-hetero) is 1. The van der Waals surface area contributed by atoms with E-state index in [0.717, 1.165) is 0 Å². The van der Waals surface area contributed by atoms with Gasteiger partial charge in [-0.2, -0.15) is 0 Å². The van der Waals surface area contributed by atoms with Crippen LogP contribution in [0.1, 0.15) is 34.6 Å². The van der Waals surface area contributed by atoms with Gasteiger partial charge in [-0.25, -0.2) is 4.98 Å². The second kappa shape index (κ2) is 7.50. The molecule has 0 radical (unpaired) electrons. The lowest BCUT2D eigenvalue weighted by molar-refractivity contribution is -0.131. The molecular weight excluding hydrogens is 368 g/mol. The number of benzene rings is 1. The van der Waals surface area contributed by atoms with Gasteiger partial charge in [-0.3, -0.25) is 14.4 Å². The van der Waals surface area contributed by atoms with Crippen molar-refractivity contribution in [2.75, 3.05) is 13.1 Å². The van der Waals surface area contributed by atoms with Crippen molar-refractivity contribution >= 4 is 28.6 Å². The van der Waals surface area contributed by atoms with E-state index >= 15 is 0 Å². The first-order chi connectivity index (χ1) is 14.0. The topological polar surface area (TPSA) is 86.4 Å². The van der Waals surface area contributed by atoms with Gasteiger partial charge in [-0.1, -0.05) is 18.2 Å². The van der Waals surface area contributed by atoms with Crippen molar-refractivity contribution in [1.29, 1.82) is 0 Å². The van der Waals surface area contributed by atoms with E-state index in [1.807, 2.05) is 32.0 Å². The molecule has 1 saturated heterocycles. The van der Waals surface area contributed by atoms with Gasteiger partial charge >= 0.3 is 0 Å². The Morgan fingerprint density at radius 1 is 0.966 bits per heavy atom. The maximum Gasteiger partial charge on any atom is 0.295 e. The first-order valence-corrected chi connectivity index (χ1v) is 9.60. The van der Waals surface area contributed by atoms with Crippen LogP contribution in [0.4, 0.5) is 0 Å². The number of ketones is 1. The predicted molar refractivity (Wildman–Crippen MR) is 109 cm³/mol. The van der Waals surface area contributed by atoms with Crippen molar-refractivity contribution in [3.05, 3.63) is 66.0 Å². The smallest absolute Gasteiger partial charge is 0.295 e. The van der Waals surface area contributed by atoms with E-state index in [9.17, 15) is 14.4 Å². The third kappa shape index (κ3) is 3.40. The van der Waals surface area contributed by atoms with Gasteiger partial charge in [0.2, 0.25) is 0 Å². The van der Waals surface area contributed by atoms with Crippen LogP contribution in [0, 0.1) is 0 Å². The number of nitrogens with one attached hydrogen (secondary N) is 1. The maximum atomic E-state index is 13.0. The van der Waals surface area contributed by atoms with E-state index < -0.39 is 11.7 Å². The molecule has 0 bridgehead atoms. The Morgan fingerprint density at radius 3 is 2.41 bits per heavy atom. The summed E-state index contributed by atoms with van der Waals surface area (Å²) in [6.07, 6.45) is 3.16. The van der Waals surface area contributed by atoms with Crippen molar-refractivity contribution < 1.29 is 14.4 Å². The highest BCUT2D eigenvalue weighted by Crippen LogP contribution is 2.21. The molecule has 2 aromatic heterocycles. The summed E-state index contributed by atoms with van der Waals surface area (Å²) >= 11 is 0. The number of amides is 2. The summed E-state index contributed by atoms with van der Waals surface area (Å²) in [5.74, 6) is -1.18. The molecule has 1 aromatic carbocycles. The van der Waals surface area contributed by atoms with Crippen LogP contribution in [0.2, 0.25) is 0 Å². The Morgan fingerprint density at radius 2 is 1.66 bits per heavy atom. The lowest BCUT2D eigenvalue weighted by Crippen LogP contribution is -2.60. The summed E-state index contributed by atoms with van der Waals surface area (Å²) in [6.45, 7) is 4.44. The lowest BCUT2D eigenvalue weighted by Gasteiger charge is -2.43. The summed E-state index contributed by atoms with van der Waals surface area (Å²) in [5.41, 5.74) is 1.51. The van der Waals surface area contributed by atoms with Crippen molar-refractivity contribution in [2.45, 2.75) is 25.9 Å². The summed E-state index contributed by atoms with van der Waals surface area (Å²) in [4.78, 5) is 49.1. The molecule has 1 fully saturated rings. The Labute approximate surface area is 168 Å². The molecule has 29 heavy (non-hydrogen) atoms. The summed E-state index contributed by atoms with van der Waals surface area (Å²) in [6, 6.07) is 12.1. The van der Waals surface area contributed by atoms with Crippen LogP contribution in [0.5, 0.6) is 0 Å². The monoisotopic (exact) mass is 390 g/mol. The zero-order chi connectivity index (χ0) is 20.5. The number of pyridine rings is 1. The summed E-state index contributed by atoms with van der Waals surface area (Å²) in [7, 11) is 0. The molecule has 1 aliphatic heterocycles. The number of aromatic nitrogens is 2. The molecule has 3 aromatic rings. The van der Waals surface area contributed by atoms with Crippen LogP contribution >= 0.6 is 0 Å². The van der Waals surface area contributed by atoms with Crippen molar-refractivity contribution in [3.63, 3.8) is 0 Å². The number of aromatic amines is 1. The molecule has 1 aliphatic rings. The quantitative estimate of drug-likeness (QED) is 0.550. The van der Waals surface area contributed by atoms with Gasteiger partial charge in [0.1, 0.15) is 5.65 Å². The second-order valence-corrected chi connectivity index (χ2v) is 7.41. The number of nitrogens with zero attached hydrogens (tertiary/aromatic N) is 3. The van der Waals surface area contributed by atoms with Crippen LogP contribution in [-0.4, -0.2) is 62.5 Å². The minimum Gasteiger partial charge on any atom is -0.345 e. The molecule has 4 rings (SSSR count). The fourth-order valence-electron chi connectivity index (χ4n) is 3.83. The molecule has 0 aliphatic carbocycles. The SMILES string of the molecule is CC1CN(C(=O)c2ccccc2)C(C)CN1C(=O)C(=O)c1c[nH]c2ncccc12. The number of fused-ring (bicyclic) bond motifs is 1. The standard InChI is InChI=1S/C22H22N4O3/c1-14-13-26(15(2)12-25(14)21(28)16-7-4-3-5-8-16)22(29)19(27)18-11-24-20-17(18)9-6-10-23-20/h3-11,14-15H,12-13H2,1-2H3,(H,23,24). The average Bonchev–Trinajstić information content (AvgIpc) is 3.18. The fraction of sp³-hybridized carbons (Fsp3) is 0.273. The Balaban J connectivity index is 1.52. The summed E-state index contributed by atoms with van der Waals surface area (Å²) < 4.78 is 0. The van der Waals surface area contributed by atoms with Crippen LogP contribution in [-0.2, 0) is 4.79 Å². The number of piperazine rings is 1. The number of carbonyl (C=O) groups excluding carboxylic acids is 3. The van der Waals surface area contributed by atoms with Crippen LogP contribution in [0.15, 0.2) is 54.9 Å². The van der Waals surface area contributed by atoms with E-state index in [2.05, 4.69) is 9.97 Å². The molecule has 148 valence electrons. The maximum absolute atomic E-state index is 13.0. The van der Waals surface area contributed by atoms with Crippen LogP contribution in [0.3, 0.4) is 0 Å². The number of hydrogen-bond donors (Lipinski definition) is 1. The molecule has 1 N–H and O–H groups in total. The lowest BCUT2D eigenvalue weighted by atomic mass is 10.0. The first-order valence-electron chi connectivity index (χ1n) is 9.60. The highest BCUT2D eigenvalue weighted by atomic mass is 16.2. The van der Waals surface area contributed by atoms with E-state index in [0.29, 0.717) is 35.2 Å². The number of hydrogen-bond acceptors (Lipinski definition) is 4. The fourth-order valence-corrected chi connectivity index (χ4v) is 3.83. The number of carbonyl (C=O) groups is 3. The Bertz CT molecular complexity index is 1080. The molecule has 2 amide bonds. The predicted octanol–water partition coefficient (Wildman–Crippen LogP) is 2.51. The molecule has 7 nitrogen and oxygen atoms in total. The third-order valence-corrected chi connectivity index (χ3v) is 5.42. The zero-order valence-electron chi connectivity index (χ0n) is 16.3. The average molecular weight is 390 g/mol. The van der Waals surface area contributed by atoms with Crippen LogP contribution < -0.4 is 0 Å². The molecule has 0 saturated carbocycles. The van der Waals surface area contributed by atoms with Crippen LogP contribution in [0.25, 0.3) is 11.0 Å². The van der Waals surface area contributed by atoms with Crippen molar-refractivity contribution in [3.8, 4) is 0 Å². The molecule has 2 atom stereocenters. The van der Waals surface area contributed by atoms with E-state index in [1.165, 1.54) is 6.20 Å². The van der Waals surface area contributed by atoms with E-state index in [4.69, 9.17) is 0 Å².